The lowest BCUT2D eigenvalue weighted by Gasteiger charge is -2.32. The third-order valence-corrected chi connectivity index (χ3v) is 11.1. The summed E-state index contributed by atoms with van der Waals surface area (Å²) in [5.74, 6) is 0.749. The van der Waals surface area contributed by atoms with Crippen molar-refractivity contribution in [3.05, 3.63) is 86.6 Å². The number of aromatic nitrogens is 2. The van der Waals surface area contributed by atoms with Gasteiger partial charge in [-0.2, -0.15) is 0 Å². The van der Waals surface area contributed by atoms with Gasteiger partial charge in [0.1, 0.15) is 10.9 Å². The summed E-state index contributed by atoms with van der Waals surface area (Å²) >= 11 is 19.2. The van der Waals surface area contributed by atoms with Crippen molar-refractivity contribution in [3.63, 3.8) is 0 Å². The van der Waals surface area contributed by atoms with E-state index < -0.39 is 13.2 Å². The average molecular weight is 812 g/mol. The average Bonchev–Trinajstić information content (AvgIpc) is 3.65. The van der Waals surface area contributed by atoms with Gasteiger partial charge in [-0.15, -0.1) is 0 Å². The number of aryl methyl sites for hydroxylation is 1. The molecule has 2 saturated heterocycles. The van der Waals surface area contributed by atoms with E-state index in [4.69, 9.17) is 53.6 Å². The first-order chi connectivity index (χ1) is 26.0. The molecule has 12 nitrogen and oxygen atoms in total. The van der Waals surface area contributed by atoms with Crippen LogP contribution >= 0.6 is 34.8 Å². The van der Waals surface area contributed by atoms with Crippen LogP contribution in [0.5, 0.6) is 11.6 Å². The molecule has 0 bridgehead atoms. The molecule has 2 N–H and O–H groups in total. The Kier molecular flexibility index (Phi) is 13.0. The maximum absolute atomic E-state index is 11.8. The number of rotatable bonds is 10. The number of benzene rings is 2. The van der Waals surface area contributed by atoms with Gasteiger partial charge < -0.3 is 34.1 Å². The Labute approximate surface area is 335 Å². The fourth-order valence-corrected chi connectivity index (χ4v) is 6.90. The van der Waals surface area contributed by atoms with Crippen molar-refractivity contribution in [2.45, 2.75) is 71.2 Å². The zero-order valence-corrected chi connectivity index (χ0v) is 33.8. The van der Waals surface area contributed by atoms with Gasteiger partial charge >= 0.3 is 13.2 Å². The molecule has 4 aromatic rings. The molecule has 6 rings (SSSR count). The van der Waals surface area contributed by atoms with Crippen molar-refractivity contribution in [1.29, 1.82) is 0 Å². The summed E-state index contributed by atoms with van der Waals surface area (Å²) in [6.45, 7) is 10.1. The number of hydrogen-bond acceptors (Lipinski definition) is 9. The first-order valence-electron chi connectivity index (χ1n) is 17.4. The smallest absolute Gasteiger partial charge is 0.494 e. The molecule has 2 aliphatic heterocycles. The molecule has 2 fully saturated rings. The molecule has 2 amide bonds. The first-order valence-corrected chi connectivity index (χ1v) is 18.5. The SMILES string of the molecule is COc1cc(B2OC(C)(C)C(C)(C)O2)cc(C)c1C=O.COc1nc(-c2cccc(-c3ccnc(Cl)c3Cl)c2Cl)ccc1CN(CC1CCC(=O)N1)C(=O)O. The number of pyridine rings is 2. The van der Waals surface area contributed by atoms with Crippen molar-refractivity contribution in [2.24, 2.45) is 0 Å². The predicted octanol–water partition coefficient (Wildman–Crippen LogP) is 7.65. The van der Waals surface area contributed by atoms with Gasteiger partial charge in [0.25, 0.3) is 0 Å². The topological polar surface area (TPSA) is 149 Å². The summed E-state index contributed by atoms with van der Waals surface area (Å²) in [5, 5.41) is 13.4. The summed E-state index contributed by atoms with van der Waals surface area (Å²) < 4.78 is 22.8. The number of methoxy groups -OCH3 is 2. The second-order valence-electron chi connectivity index (χ2n) is 14.1. The van der Waals surface area contributed by atoms with Crippen LogP contribution in [0.1, 0.15) is 62.0 Å². The molecule has 2 aromatic carbocycles. The molecule has 55 heavy (non-hydrogen) atoms. The molecule has 0 saturated carbocycles. The number of ether oxygens (including phenoxy) is 2. The number of hydrogen-bond donors (Lipinski definition) is 2. The van der Waals surface area contributed by atoms with Crippen LogP contribution in [0.15, 0.2) is 54.7 Å². The van der Waals surface area contributed by atoms with Crippen molar-refractivity contribution >= 4 is 65.7 Å². The minimum Gasteiger partial charge on any atom is -0.496 e. The molecule has 1 unspecified atom stereocenters. The minimum absolute atomic E-state index is 0.0526. The standard InChI is InChI=1S/C24H21Cl3N4O4.C15H21BO4/c1-35-23-13(11-31(24(33)34)12-14-6-8-19(32)29-14)5-7-18(30-23)17-4-2-3-15(20(17)25)16-9-10-28-22(27)21(16)26;1-10-7-11(8-13(18-6)12(10)9-17)16-19-14(2,3)15(4,5)20-16/h2-5,7,9-10,14H,6,8,11-12H2,1H3,(H,29,32)(H,33,34);7-9H,1-6H3. The third kappa shape index (κ3) is 9.19. The molecule has 0 radical (unpaired) electrons. The Hall–Kier alpha value is -4.40. The summed E-state index contributed by atoms with van der Waals surface area (Å²) in [5.41, 5.74) is 4.57. The van der Waals surface area contributed by atoms with Gasteiger partial charge in [-0.05, 0) is 76.3 Å². The van der Waals surface area contributed by atoms with Crippen molar-refractivity contribution in [3.8, 4) is 34.0 Å². The van der Waals surface area contributed by atoms with Crippen LogP contribution < -0.4 is 20.3 Å². The van der Waals surface area contributed by atoms with Crippen LogP contribution in [0.2, 0.25) is 15.2 Å². The van der Waals surface area contributed by atoms with Gasteiger partial charge in [0.05, 0.1) is 53.3 Å². The largest absolute Gasteiger partial charge is 0.496 e. The van der Waals surface area contributed by atoms with Crippen LogP contribution in [0, 0.1) is 6.92 Å². The molecule has 0 spiro atoms. The van der Waals surface area contributed by atoms with E-state index >= 15 is 0 Å². The Morgan fingerprint density at radius 2 is 1.69 bits per heavy atom. The fraction of sp³-hybridized carbons (Fsp3) is 0.359. The highest BCUT2D eigenvalue weighted by molar-refractivity contribution is 6.62. The van der Waals surface area contributed by atoms with Crippen molar-refractivity contribution in [2.75, 3.05) is 20.8 Å². The van der Waals surface area contributed by atoms with Crippen LogP contribution in [0.4, 0.5) is 4.79 Å². The number of carboxylic acid groups (broad SMARTS) is 1. The molecule has 1 atom stereocenters. The van der Waals surface area contributed by atoms with Gasteiger partial charge in [-0.1, -0.05) is 59.1 Å². The van der Waals surface area contributed by atoms with Gasteiger partial charge in [0, 0.05) is 47.5 Å². The van der Waals surface area contributed by atoms with Crippen molar-refractivity contribution < 1.29 is 38.3 Å². The Morgan fingerprint density at radius 3 is 2.29 bits per heavy atom. The second-order valence-corrected chi connectivity index (χ2v) is 15.2. The van der Waals surface area contributed by atoms with Crippen LogP contribution in [-0.4, -0.2) is 83.4 Å². The first kappa shape index (κ1) is 41.8. The highest BCUT2D eigenvalue weighted by Gasteiger charge is 2.52. The van der Waals surface area contributed by atoms with E-state index in [1.165, 1.54) is 12.0 Å². The number of nitrogens with zero attached hydrogens (tertiary/aromatic N) is 3. The summed E-state index contributed by atoms with van der Waals surface area (Å²) in [7, 11) is 2.57. The summed E-state index contributed by atoms with van der Waals surface area (Å²) in [6, 6.07) is 14.2. The quantitative estimate of drug-likeness (QED) is 0.0929. The van der Waals surface area contributed by atoms with Crippen LogP contribution in [-0.2, 0) is 20.6 Å². The molecule has 2 aliphatic rings. The van der Waals surface area contributed by atoms with E-state index in [9.17, 15) is 19.5 Å². The maximum atomic E-state index is 11.8. The molecular formula is C39H42BCl3N4O8. The monoisotopic (exact) mass is 810 g/mol. The van der Waals surface area contributed by atoms with Crippen molar-refractivity contribution in [1.82, 2.24) is 20.2 Å². The van der Waals surface area contributed by atoms with Gasteiger partial charge in [0.15, 0.2) is 6.29 Å². The van der Waals surface area contributed by atoms with Gasteiger partial charge in [-0.25, -0.2) is 14.8 Å². The van der Waals surface area contributed by atoms with E-state index in [1.54, 1.807) is 37.6 Å². The predicted molar refractivity (Wildman–Crippen MR) is 213 cm³/mol. The van der Waals surface area contributed by atoms with E-state index in [-0.39, 0.29) is 47.3 Å². The van der Waals surface area contributed by atoms with E-state index in [0.717, 1.165) is 17.3 Å². The van der Waals surface area contributed by atoms with E-state index in [2.05, 4.69) is 15.3 Å². The lowest BCUT2D eigenvalue weighted by atomic mass is 9.77. The van der Waals surface area contributed by atoms with Gasteiger partial charge in [-0.3, -0.25) is 9.59 Å². The van der Waals surface area contributed by atoms with Crippen LogP contribution in [0.25, 0.3) is 22.4 Å². The molecule has 4 heterocycles. The maximum Gasteiger partial charge on any atom is 0.494 e. The lowest BCUT2D eigenvalue weighted by Crippen LogP contribution is -2.41. The lowest BCUT2D eigenvalue weighted by molar-refractivity contribution is -0.119. The Morgan fingerprint density at radius 1 is 1.02 bits per heavy atom. The van der Waals surface area contributed by atoms with E-state index in [0.29, 0.717) is 62.1 Å². The summed E-state index contributed by atoms with van der Waals surface area (Å²) in [6.07, 6.45) is 2.25. The number of halogens is 3. The van der Waals surface area contributed by atoms with Gasteiger partial charge in [0.2, 0.25) is 11.8 Å². The number of aldehydes is 1. The molecular weight excluding hydrogens is 770 g/mol. The number of carbonyl (C=O) groups excluding carboxylic acids is 2. The molecule has 0 aliphatic carbocycles. The zero-order valence-electron chi connectivity index (χ0n) is 31.5. The number of nitrogens with one attached hydrogen (secondary N) is 1. The zero-order chi connectivity index (χ0) is 40.2. The minimum atomic E-state index is -1.10. The molecule has 2 aromatic heterocycles. The highest BCUT2D eigenvalue weighted by Crippen LogP contribution is 2.41. The Bertz CT molecular complexity index is 2080. The fourth-order valence-electron chi connectivity index (χ4n) is 6.20. The highest BCUT2D eigenvalue weighted by atomic mass is 35.5. The van der Waals surface area contributed by atoms with Crippen LogP contribution in [0.3, 0.4) is 0 Å². The normalized spacial score (nSPS) is 16.9. The molecule has 290 valence electrons. The molecule has 16 heteroatoms. The number of carbonyl (C=O) groups is 3. The number of amides is 2. The second kappa shape index (κ2) is 17.2. The third-order valence-electron chi connectivity index (χ3n) is 9.94. The summed E-state index contributed by atoms with van der Waals surface area (Å²) in [4.78, 5) is 44.2. The van der Waals surface area contributed by atoms with E-state index in [1.807, 2.05) is 58.9 Å². The Balaban J connectivity index is 0.000000246.